The molecule has 2 aromatic heterocycles. The van der Waals surface area contributed by atoms with E-state index in [1.165, 1.54) is 10.7 Å². The highest BCUT2D eigenvalue weighted by molar-refractivity contribution is 7.99. The van der Waals surface area contributed by atoms with Crippen LogP contribution in [0.1, 0.15) is 11.1 Å². The van der Waals surface area contributed by atoms with Crippen LogP contribution in [0.5, 0.6) is 0 Å². The van der Waals surface area contributed by atoms with Gasteiger partial charge in [-0.15, -0.1) is 10.2 Å². The van der Waals surface area contributed by atoms with Crippen molar-refractivity contribution in [2.24, 2.45) is 0 Å². The van der Waals surface area contributed by atoms with E-state index in [4.69, 9.17) is 17.4 Å². The molecule has 0 aliphatic carbocycles. The summed E-state index contributed by atoms with van der Waals surface area (Å²) in [5.74, 6) is 5.43. The second-order valence-corrected chi connectivity index (χ2v) is 8.61. The number of H-pyrrole nitrogens is 1. The number of benzene rings is 2. The first-order valence-electron chi connectivity index (χ1n) is 9.74. The Balaban J connectivity index is 1.44. The Morgan fingerprint density at radius 3 is 2.62 bits per heavy atom. The van der Waals surface area contributed by atoms with Crippen LogP contribution in [0.25, 0.3) is 22.8 Å². The van der Waals surface area contributed by atoms with Crippen molar-refractivity contribution in [3.8, 4) is 22.8 Å². The number of rotatable bonds is 6. The van der Waals surface area contributed by atoms with Crippen LogP contribution >= 0.6 is 23.4 Å². The summed E-state index contributed by atoms with van der Waals surface area (Å²) in [4.78, 5) is 12.3. The molecule has 0 atom stereocenters. The number of carbonyl (C=O) groups excluding carboxylic acids is 1. The largest absolute Gasteiger partial charge is 0.418 e. The average Bonchev–Trinajstić information content (AvgIpc) is 3.40. The lowest BCUT2D eigenvalue weighted by molar-refractivity contribution is -0.137. The van der Waals surface area contributed by atoms with Gasteiger partial charge in [0.05, 0.1) is 22.7 Å². The zero-order chi connectivity index (χ0) is 24.5. The van der Waals surface area contributed by atoms with E-state index in [0.29, 0.717) is 11.4 Å². The van der Waals surface area contributed by atoms with Crippen LogP contribution < -0.4 is 11.2 Å². The van der Waals surface area contributed by atoms with Gasteiger partial charge in [0.25, 0.3) is 0 Å². The molecule has 0 aliphatic rings. The number of halogens is 4. The van der Waals surface area contributed by atoms with Gasteiger partial charge in [-0.1, -0.05) is 53.2 Å². The number of nitrogens with one attached hydrogen (secondary N) is 2. The van der Waals surface area contributed by atoms with Gasteiger partial charge in [0, 0.05) is 10.6 Å². The van der Waals surface area contributed by atoms with E-state index >= 15 is 0 Å². The van der Waals surface area contributed by atoms with Crippen molar-refractivity contribution in [2.75, 3.05) is 16.9 Å². The summed E-state index contributed by atoms with van der Waals surface area (Å²) in [6.45, 7) is 1.99. The van der Waals surface area contributed by atoms with Gasteiger partial charge in [-0.05, 0) is 31.2 Å². The maximum Gasteiger partial charge on any atom is 0.418 e. The van der Waals surface area contributed by atoms with Gasteiger partial charge < -0.3 is 11.2 Å². The third kappa shape index (κ3) is 5.18. The van der Waals surface area contributed by atoms with Crippen molar-refractivity contribution >= 4 is 35.0 Å². The van der Waals surface area contributed by atoms with Crippen LogP contribution in [-0.4, -0.2) is 36.7 Å². The predicted molar refractivity (Wildman–Crippen MR) is 124 cm³/mol. The summed E-state index contributed by atoms with van der Waals surface area (Å²) in [6.07, 6.45) is -4.67. The maximum atomic E-state index is 13.2. The number of nitrogens with zero attached hydrogens (tertiary/aromatic N) is 4. The number of aromatic nitrogens is 5. The molecular weight excluding hydrogens is 491 g/mol. The molecule has 1 amide bonds. The Morgan fingerprint density at radius 2 is 1.91 bits per heavy atom. The number of nitrogen functional groups attached to an aromatic ring is 1. The summed E-state index contributed by atoms with van der Waals surface area (Å²) in [5, 5.41) is 17.5. The zero-order valence-corrected chi connectivity index (χ0v) is 19.1. The van der Waals surface area contributed by atoms with Crippen LogP contribution in [0.4, 0.5) is 18.9 Å². The van der Waals surface area contributed by atoms with E-state index in [9.17, 15) is 18.0 Å². The minimum atomic E-state index is -4.67. The number of anilines is 1. The molecule has 34 heavy (non-hydrogen) atoms. The van der Waals surface area contributed by atoms with Crippen molar-refractivity contribution in [1.82, 2.24) is 25.1 Å². The third-order valence-corrected chi connectivity index (χ3v) is 5.90. The molecule has 2 heterocycles. The molecule has 0 saturated carbocycles. The number of hydrogen-bond acceptors (Lipinski definition) is 6. The standard InChI is InChI=1S/C21H17ClF3N7OS/c1-11-2-4-12(5-3-11)16-9-17(29-28-16)19-30-31-20(32(19)26)34-10-18(33)27-15-7-6-13(22)8-14(15)21(23,24)25/h2-9H,10,26H2,1H3,(H,27,33)(H,28,29). The van der Waals surface area contributed by atoms with E-state index in [-0.39, 0.29) is 21.8 Å². The molecule has 0 fully saturated rings. The predicted octanol–water partition coefficient (Wildman–Crippen LogP) is 4.76. The SMILES string of the molecule is Cc1ccc(-c2cc(-c3nnc(SCC(=O)Nc4ccc(Cl)cc4C(F)(F)F)n3N)[nH]n2)cc1. The van der Waals surface area contributed by atoms with Gasteiger partial charge >= 0.3 is 6.18 Å². The second-order valence-electron chi connectivity index (χ2n) is 7.23. The van der Waals surface area contributed by atoms with Crippen LogP contribution in [0.3, 0.4) is 0 Å². The fourth-order valence-corrected chi connectivity index (χ4v) is 3.87. The van der Waals surface area contributed by atoms with Crippen molar-refractivity contribution in [2.45, 2.75) is 18.3 Å². The highest BCUT2D eigenvalue weighted by Gasteiger charge is 2.34. The molecule has 0 saturated heterocycles. The number of thioether (sulfide) groups is 1. The topological polar surface area (TPSA) is 115 Å². The normalized spacial score (nSPS) is 11.6. The lowest BCUT2D eigenvalue weighted by atomic mass is 10.1. The number of aromatic amines is 1. The second kappa shape index (κ2) is 9.39. The van der Waals surface area contributed by atoms with Gasteiger partial charge in [0.2, 0.25) is 16.9 Å². The molecule has 4 N–H and O–H groups in total. The lowest BCUT2D eigenvalue weighted by Crippen LogP contribution is -2.19. The summed E-state index contributed by atoms with van der Waals surface area (Å²) < 4.78 is 40.8. The quantitative estimate of drug-likeness (QED) is 0.256. The van der Waals surface area contributed by atoms with E-state index in [1.54, 1.807) is 6.07 Å². The molecule has 13 heteroatoms. The van der Waals surface area contributed by atoms with Gasteiger partial charge in [-0.25, -0.2) is 4.68 Å². The van der Waals surface area contributed by atoms with E-state index in [0.717, 1.165) is 35.0 Å². The first-order valence-corrected chi connectivity index (χ1v) is 11.1. The Bertz CT molecular complexity index is 1340. The van der Waals surface area contributed by atoms with Crippen molar-refractivity contribution in [1.29, 1.82) is 0 Å². The Kier molecular flexibility index (Phi) is 6.53. The van der Waals surface area contributed by atoms with Gasteiger partial charge in [0.15, 0.2) is 0 Å². The third-order valence-electron chi connectivity index (χ3n) is 4.72. The number of hydrogen-bond donors (Lipinski definition) is 3. The van der Waals surface area contributed by atoms with Gasteiger partial charge in [0.1, 0.15) is 5.69 Å². The number of amides is 1. The summed E-state index contributed by atoms with van der Waals surface area (Å²) >= 11 is 6.58. The smallest absolute Gasteiger partial charge is 0.335 e. The van der Waals surface area contributed by atoms with E-state index in [2.05, 4.69) is 25.7 Å². The molecule has 0 unspecified atom stereocenters. The fourth-order valence-electron chi connectivity index (χ4n) is 3.04. The van der Waals surface area contributed by atoms with E-state index in [1.807, 2.05) is 31.2 Å². The monoisotopic (exact) mass is 507 g/mol. The van der Waals surface area contributed by atoms with Gasteiger partial charge in [-0.3, -0.25) is 9.89 Å². The Morgan fingerprint density at radius 1 is 1.18 bits per heavy atom. The summed E-state index contributed by atoms with van der Waals surface area (Å²) in [5.41, 5.74) is 1.80. The average molecular weight is 508 g/mol. The van der Waals surface area contributed by atoms with Crippen molar-refractivity contribution in [3.63, 3.8) is 0 Å². The van der Waals surface area contributed by atoms with Crippen LogP contribution in [-0.2, 0) is 11.0 Å². The molecule has 4 aromatic rings. The zero-order valence-electron chi connectivity index (χ0n) is 17.5. The molecule has 2 aromatic carbocycles. The van der Waals surface area contributed by atoms with Crippen molar-refractivity contribution in [3.05, 3.63) is 64.7 Å². The number of carbonyl (C=O) groups is 1. The molecular formula is C21H17ClF3N7OS. The molecule has 0 aliphatic heterocycles. The first kappa shape index (κ1) is 23.6. The van der Waals surface area contributed by atoms with Crippen molar-refractivity contribution < 1.29 is 18.0 Å². The van der Waals surface area contributed by atoms with Gasteiger partial charge in [-0.2, -0.15) is 18.3 Å². The molecule has 8 nitrogen and oxygen atoms in total. The number of nitrogens with two attached hydrogens (primary N) is 1. The molecule has 0 bridgehead atoms. The minimum absolute atomic E-state index is 0.0900. The Hall–Kier alpha value is -3.51. The first-order chi connectivity index (χ1) is 16.1. The minimum Gasteiger partial charge on any atom is -0.335 e. The molecule has 0 spiro atoms. The van der Waals surface area contributed by atoms with E-state index < -0.39 is 23.3 Å². The van der Waals surface area contributed by atoms with Crippen LogP contribution in [0.15, 0.2) is 53.7 Å². The maximum absolute atomic E-state index is 13.2. The summed E-state index contributed by atoms with van der Waals surface area (Å²) in [6, 6.07) is 12.7. The fraction of sp³-hybridized carbons (Fsp3) is 0.143. The molecule has 176 valence electrons. The lowest BCUT2D eigenvalue weighted by Gasteiger charge is -2.14. The Labute approximate surface area is 200 Å². The highest BCUT2D eigenvalue weighted by Crippen LogP contribution is 2.36. The number of alkyl halides is 3. The van der Waals surface area contributed by atoms with Crippen LogP contribution in [0, 0.1) is 6.92 Å². The molecule has 0 radical (unpaired) electrons. The number of aryl methyl sites for hydroxylation is 1. The molecule has 4 rings (SSSR count). The van der Waals surface area contributed by atoms with Crippen LogP contribution in [0.2, 0.25) is 5.02 Å². The highest BCUT2D eigenvalue weighted by atomic mass is 35.5. The summed E-state index contributed by atoms with van der Waals surface area (Å²) in [7, 11) is 0.